The fraction of sp³-hybridized carbons (Fsp3) is 0.235. The van der Waals surface area contributed by atoms with E-state index in [-0.39, 0.29) is 11.4 Å². The molecule has 0 aliphatic carbocycles. The van der Waals surface area contributed by atoms with Gasteiger partial charge < -0.3 is 5.32 Å². The highest BCUT2D eigenvalue weighted by Crippen LogP contribution is 2.38. The van der Waals surface area contributed by atoms with Gasteiger partial charge in [0.05, 0.1) is 11.4 Å². The van der Waals surface area contributed by atoms with Crippen LogP contribution in [0.2, 0.25) is 0 Å². The minimum atomic E-state index is -0.253. The van der Waals surface area contributed by atoms with Crippen molar-refractivity contribution in [3.63, 3.8) is 0 Å². The highest BCUT2D eigenvalue weighted by molar-refractivity contribution is 6.05. The molecule has 2 aromatic rings. The van der Waals surface area contributed by atoms with E-state index in [1.807, 2.05) is 54.6 Å². The van der Waals surface area contributed by atoms with E-state index in [1.165, 1.54) is 0 Å². The maximum Gasteiger partial charge on any atom is 0.233 e. The standard InChI is InChI=1S/C17H18N2O/c1-17(2)12-16(20)19(13-8-4-3-5-9-13)15-11-7-6-10-14(15)18-17/h3-11,18H,12H2,1-2H3. The maximum absolute atomic E-state index is 12.7. The Balaban J connectivity index is 2.16. The Morgan fingerprint density at radius 2 is 1.65 bits per heavy atom. The number of hydrogen-bond donors (Lipinski definition) is 1. The minimum absolute atomic E-state index is 0.110. The Labute approximate surface area is 119 Å². The van der Waals surface area contributed by atoms with E-state index in [4.69, 9.17) is 0 Å². The van der Waals surface area contributed by atoms with Crippen molar-refractivity contribution in [1.82, 2.24) is 0 Å². The van der Waals surface area contributed by atoms with Crippen molar-refractivity contribution in [2.75, 3.05) is 10.2 Å². The van der Waals surface area contributed by atoms with E-state index in [2.05, 4.69) is 19.2 Å². The van der Waals surface area contributed by atoms with Crippen LogP contribution in [0, 0.1) is 0 Å². The average molecular weight is 266 g/mol. The fourth-order valence-corrected chi connectivity index (χ4v) is 2.63. The number of rotatable bonds is 1. The zero-order valence-corrected chi connectivity index (χ0v) is 11.8. The summed E-state index contributed by atoms with van der Waals surface area (Å²) in [4.78, 5) is 14.5. The summed E-state index contributed by atoms with van der Waals surface area (Å²) in [5, 5.41) is 3.47. The van der Waals surface area contributed by atoms with Crippen molar-refractivity contribution >= 4 is 23.0 Å². The molecule has 1 aliphatic rings. The number of para-hydroxylation sites is 3. The van der Waals surface area contributed by atoms with Crippen molar-refractivity contribution in [2.45, 2.75) is 25.8 Å². The number of amides is 1. The third kappa shape index (κ3) is 2.27. The molecule has 20 heavy (non-hydrogen) atoms. The monoisotopic (exact) mass is 266 g/mol. The van der Waals surface area contributed by atoms with Gasteiger partial charge in [-0.15, -0.1) is 0 Å². The van der Waals surface area contributed by atoms with E-state index < -0.39 is 0 Å². The molecule has 3 nitrogen and oxygen atoms in total. The molecule has 3 rings (SSSR count). The molecule has 1 aliphatic heterocycles. The first-order chi connectivity index (χ1) is 9.57. The molecule has 0 aromatic heterocycles. The van der Waals surface area contributed by atoms with Crippen LogP contribution in [0.1, 0.15) is 20.3 Å². The lowest BCUT2D eigenvalue weighted by molar-refractivity contribution is -0.118. The van der Waals surface area contributed by atoms with Crippen LogP contribution in [0.5, 0.6) is 0 Å². The quantitative estimate of drug-likeness (QED) is 0.847. The summed E-state index contributed by atoms with van der Waals surface area (Å²) < 4.78 is 0. The lowest BCUT2D eigenvalue weighted by Crippen LogP contribution is -2.35. The number of anilines is 3. The lowest BCUT2D eigenvalue weighted by atomic mass is 10.0. The molecule has 2 aromatic carbocycles. The molecule has 0 bridgehead atoms. The largest absolute Gasteiger partial charge is 0.378 e. The van der Waals surface area contributed by atoms with Crippen LogP contribution in [0.15, 0.2) is 54.6 Å². The Hall–Kier alpha value is -2.29. The number of nitrogens with zero attached hydrogens (tertiary/aromatic N) is 1. The summed E-state index contributed by atoms with van der Waals surface area (Å²) in [6.45, 7) is 4.10. The summed E-state index contributed by atoms with van der Waals surface area (Å²) in [5.41, 5.74) is 2.56. The second-order valence-corrected chi connectivity index (χ2v) is 5.77. The molecular weight excluding hydrogens is 248 g/mol. The van der Waals surface area contributed by atoms with Crippen LogP contribution in [0.4, 0.5) is 17.1 Å². The molecule has 1 heterocycles. The zero-order chi connectivity index (χ0) is 14.2. The molecule has 0 fully saturated rings. The fourth-order valence-electron chi connectivity index (χ4n) is 2.63. The first-order valence-corrected chi connectivity index (χ1v) is 6.82. The van der Waals surface area contributed by atoms with Gasteiger partial charge in [-0.05, 0) is 38.1 Å². The third-order valence-corrected chi connectivity index (χ3v) is 3.47. The maximum atomic E-state index is 12.7. The van der Waals surface area contributed by atoms with Crippen LogP contribution in [-0.4, -0.2) is 11.4 Å². The van der Waals surface area contributed by atoms with E-state index in [9.17, 15) is 4.79 Å². The van der Waals surface area contributed by atoms with Gasteiger partial charge in [-0.3, -0.25) is 9.69 Å². The van der Waals surface area contributed by atoms with Crippen molar-refractivity contribution in [3.05, 3.63) is 54.6 Å². The van der Waals surface area contributed by atoms with Gasteiger partial charge in [-0.2, -0.15) is 0 Å². The second-order valence-electron chi connectivity index (χ2n) is 5.77. The molecule has 3 heteroatoms. The number of hydrogen-bond acceptors (Lipinski definition) is 2. The molecule has 0 saturated carbocycles. The summed E-state index contributed by atoms with van der Waals surface area (Å²) >= 11 is 0. The summed E-state index contributed by atoms with van der Waals surface area (Å²) in [6, 6.07) is 17.7. The number of fused-ring (bicyclic) bond motifs is 1. The van der Waals surface area contributed by atoms with Crippen LogP contribution in [-0.2, 0) is 4.79 Å². The van der Waals surface area contributed by atoms with Crippen molar-refractivity contribution in [2.24, 2.45) is 0 Å². The molecule has 0 atom stereocenters. The third-order valence-electron chi connectivity index (χ3n) is 3.47. The van der Waals surface area contributed by atoms with Gasteiger partial charge in [0.25, 0.3) is 0 Å². The molecule has 1 N–H and O–H groups in total. The highest BCUT2D eigenvalue weighted by atomic mass is 16.2. The van der Waals surface area contributed by atoms with E-state index in [0.717, 1.165) is 17.1 Å². The summed E-state index contributed by atoms with van der Waals surface area (Å²) in [5.74, 6) is 0.110. The van der Waals surface area contributed by atoms with Crippen molar-refractivity contribution in [3.8, 4) is 0 Å². The average Bonchev–Trinajstić information content (AvgIpc) is 2.51. The molecule has 0 saturated heterocycles. The molecule has 0 unspecified atom stereocenters. The molecule has 1 amide bonds. The van der Waals surface area contributed by atoms with Gasteiger partial charge in [0.15, 0.2) is 0 Å². The SMILES string of the molecule is CC1(C)CC(=O)N(c2ccccc2)c2ccccc2N1. The van der Waals surface area contributed by atoms with E-state index in [0.29, 0.717) is 6.42 Å². The zero-order valence-electron chi connectivity index (χ0n) is 11.8. The van der Waals surface area contributed by atoms with Gasteiger partial charge in [0.2, 0.25) is 5.91 Å². The summed E-state index contributed by atoms with van der Waals surface area (Å²) in [6.07, 6.45) is 0.455. The summed E-state index contributed by atoms with van der Waals surface area (Å²) in [7, 11) is 0. The van der Waals surface area contributed by atoms with Gasteiger partial charge in [0.1, 0.15) is 0 Å². The number of nitrogens with one attached hydrogen (secondary N) is 1. The van der Waals surface area contributed by atoms with E-state index in [1.54, 1.807) is 4.90 Å². The van der Waals surface area contributed by atoms with Gasteiger partial charge in [0, 0.05) is 17.6 Å². The highest BCUT2D eigenvalue weighted by Gasteiger charge is 2.32. The topological polar surface area (TPSA) is 32.3 Å². The van der Waals surface area contributed by atoms with Gasteiger partial charge in [-0.1, -0.05) is 30.3 Å². The normalized spacial score (nSPS) is 17.1. The number of carbonyl (C=O) groups is 1. The molecule has 102 valence electrons. The molecule has 0 radical (unpaired) electrons. The molecular formula is C17H18N2O. The van der Waals surface area contributed by atoms with Crippen LogP contribution < -0.4 is 10.2 Å². The Kier molecular flexibility index (Phi) is 2.97. The van der Waals surface area contributed by atoms with Gasteiger partial charge >= 0.3 is 0 Å². The first-order valence-electron chi connectivity index (χ1n) is 6.82. The predicted molar refractivity (Wildman–Crippen MR) is 82.3 cm³/mol. The van der Waals surface area contributed by atoms with Crippen molar-refractivity contribution < 1.29 is 4.79 Å². The first kappa shape index (κ1) is 12.7. The van der Waals surface area contributed by atoms with Crippen LogP contribution in [0.25, 0.3) is 0 Å². The minimum Gasteiger partial charge on any atom is -0.378 e. The Morgan fingerprint density at radius 1 is 1.00 bits per heavy atom. The lowest BCUT2D eigenvalue weighted by Gasteiger charge is -2.24. The number of carbonyl (C=O) groups excluding carboxylic acids is 1. The van der Waals surface area contributed by atoms with Crippen LogP contribution in [0.3, 0.4) is 0 Å². The Bertz CT molecular complexity index is 634. The van der Waals surface area contributed by atoms with Crippen LogP contribution >= 0.6 is 0 Å². The second kappa shape index (κ2) is 4.67. The number of benzene rings is 2. The van der Waals surface area contributed by atoms with E-state index >= 15 is 0 Å². The predicted octanol–water partition coefficient (Wildman–Crippen LogP) is 3.95. The Morgan fingerprint density at radius 3 is 2.40 bits per heavy atom. The van der Waals surface area contributed by atoms with Gasteiger partial charge in [-0.25, -0.2) is 0 Å². The molecule has 0 spiro atoms. The smallest absolute Gasteiger partial charge is 0.233 e. The van der Waals surface area contributed by atoms with Crippen molar-refractivity contribution in [1.29, 1.82) is 0 Å².